The SMILES string of the molecule is CCNC(=O)C(C)NC1CCOC2(CCSCC2)C1. The van der Waals surface area contributed by atoms with Crippen LogP contribution in [-0.4, -0.2) is 48.2 Å². The van der Waals surface area contributed by atoms with Crippen molar-refractivity contribution < 1.29 is 9.53 Å². The Morgan fingerprint density at radius 1 is 1.47 bits per heavy atom. The highest BCUT2D eigenvalue weighted by atomic mass is 32.2. The van der Waals surface area contributed by atoms with Gasteiger partial charge >= 0.3 is 0 Å². The summed E-state index contributed by atoms with van der Waals surface area (Å²) in [7, 11) is 0. The third kappa shape index (κ3) is 4.10. The van der Waals surface area contributed by atoms with E-state index in [0.29, 0.717) is 12.6 Å². The lowest BCUT2D eigenvalue weighted by Gasteiger charge is -2.44. The first-order valence-electron chi connectivity index (χ1n) is 7.41. The van der Waals surface area contributed by atoms with Crippen LogP contribution in [-0.2, 0) is 9.53 Å². The molecule has 4 nitrogen and oxygen atoms in total. The molecule has 2 fully saturated rings. The van der Waals surface area contributed by atoms with Gasteiger partial charge in [-0.2, -0.15) is 11.8 Å². The van der Waals surface area contributed by atoms with Crippen LogP contribution in [0.3, 0.4) is 0 Å². The highest BCUT2D eigenvalue weighted by Gasteiger charge is 2.39. The number of carbonyl (C=O) groups is 1. The lowest BCUT2D eigenvalue weighted by molar-refractivity contribution is -0.124. The zero-order valence-electron chi connectivity index (χ0n) is 12.0. The second kappa shape index (κ2) is 6.95. The summed E-state index contributed by atoms with van der Waals surface area (Å²) >= 11 is 2.02. The Labute approximate surface area is 120 Å². The van der Waals surface area contributed by atoms with Crippen LogP contribution in [0.4, 0.5) is 0 Å². The average Bonchev–Trinajstić information content (AvgIpc) is 2.40. The largest absolute Gasteiger partial charge is 0.375 e. The summed E-state index contributed by atoms with van der Waals surface area (Å²) in [4.78, 5) is 11.8. The van der Waals surface area contributed by atoms with Crippen LogP contribution in [0.25, 0.3) is 0 Å². The molecule has 2 heterocycles. The van der Waals surface area contributed by atoms with Crippen molar-refractivity contribution in [2.45, 2.75) is 57.2 Å². The zero-order valence-corrected chi connectivity index (χ0v) is 12.9. The van der Waals surface area contributed by atoms with Crippen molar-refractivity contribution in [2.75, 3.05) is 24.7 Å². The van der Waals surface area contributed by atoms with Crippen molar-refractivity contribution in [3.8, 4) is 0 Å². The number of carbonyl (C=O) groups excluding carboxylic acids is 1. The standard InChI is InChI=1S/C14H26N2O2S/c1-3-15-13(17)11(2)16-12-4-7-18-14(10-12)5-8-19-9-6-14/h11-12,16H,3-10H2,1-2H3,(H,15,17). The van der Waals surface area contributed by atoms with Gasteiger partial charge in [0.15, 0.2) is 0 Å². The summed E-state index contributed by atoms with van der Waals surface area (Å²) in [5.41, 5.74) is 0.0854. The molecule has 0 radical (unpaired) electrons. The summed E-state index contributed by atoms with van der Waals surface area (Å²) in [6, 6.07) is 0.299. The lowest BCUT2D eigenvalue weighted by atomic mass is 9.85. The topological polar surface area (TPSA) is 50.4 Å². The van der Waals surface area contributed by atoms with Crippen LogP contribution in [0, 0.1) is 0 Å². The maximum Gasteiger partial charge on any atom is 0.236 e. The second-order valence-electron chi connectivity index (χ2n) is 5.62. The molecule has 0 aliphatic carbocycles. The molecule has 0 saturated carbocycles. The van der Waals surface area contributed by atoms with Gasteiger partial charge in [0.25, 0.3) is 0 Å². The van der Waals surface area contributed by atoms with E-state index in [-0.39, 0.29) is 17.6 Å². The fourth-order valence-corrected chi connectivity index (χ4v) is 4.26. The maximum absolute atomic E-state index is 11.8. The first-order valence-corrected chi connectivity index (χ1v) is 8.56. The first-order chi connectivity index (χ1) is 9.15. The summed E-state index contributed by atoms with van der Waals surface area (Å²) < 4.78 is 6.07. The number of ether oxygens (including phenoxy) is 1. The predicted octanol–water partition coefficient (Wildman–Crippen LogP) is 1.55. The van der Waals surface area contributed by atoms with Crippen LogP contribution < -0.4 is 10.6 Å². The minimum absolute atomic E-state index is 0.0854. The molecule has 2 aliphatic heterocycles. The first kappa shape index (κ1) is 15.1. The minimum Gasteiger partial charge on any atom is -0.375 e. The van der Waals surface area contributed by atoms with Gasteiger partial charge in [-0.1, -0.05) is 0 Å². The normalized spacial score (nSPS) is 28.0. The van der Waals surface area contributed by atoms with Crippen molar-refractivity contribution in [2.24, 2.45) is 0 Å². The number of nitrogens with one attached hydrogen (secondary N) is 2. The Balaban J connectivity index is 1.85. The van der Waals surface area contributed by atoms with Crippen LogP contribution in [0.1, 0.15) is 39.5 Å². The van der Waals surface area contributed by atoms with Crippen LogP contribution in [0.2, 0.25) is 0 Å². The van der Waals surface area contributed by atoms with E-state index in [2.05, 4.69) is 10.6 Å². The van der Waals surface area contributed by atoms with Gasteiger partial charge in [0.1, 0.15) is 0 Å². The van der Waals surface area contributed by atoms with Crippen LogP contribution in [0.5, 0.6) is 0 Å². The number of likely N-dealkylation sites (N-methyl/N-ethyl adjacent to an activating group) is 1. The van der Waals surface area contributed by atoms with Crippen LogP contribution >= 0.6 is 11.8 Å². The second-order valence-corrected chi connectivity index (χ2v) is 6.84. The number of hydrogen-bond donors (Lipinski definition) is 2. The van der Waals surface area contributed by atoms with Gasteiger partial charge in [0.05, 0.1) is 11.6 Å². The van der Waals surface area contributed by atoms with Gasteiger partial charge in [-0.25, -0.2) is 0 Å². The van der Waals surface area contributed by atoms with Gasteiger partial charge in [0, 0.05) is 19.2 Å². The van der Waals surface area contributed by atoms with Crippen molar-refractivity contribution >= 4 is 17.7 Å². The van der Waals surface area contributed by atoms with Gasteiger partial charge < -0.3 is 15.4 Å². The maximum atomic E-state index is 11.8. The summed E-state index contributed by atoms with van der Waals surface area (Å²) in [5, 5.41) is 6.35. The molecule has 2 atom stereocenters. The molecule has 19 heavy (non-hydrogen) atoms. The summed E-state index contributed by atoms with van der Waals surface area (Å²) in [6.45, 7) is 5.42. The van der Waals surface area contributed by atoms with Crippen molar-refractivity contribution in [3.63, 3.8) is 0 Å². The molecule has 2 aliphatic rings. The molecule has 2 N–H and O–H groups in total. The van der Waals surface area contributed by atoms with Crippen molar-refractivity contribution in [1.82, 2.24) is 10.6 Å². The van der Waals surface area contributed by atoms with E-state index < -0.39 is 0 Å². The van der Waals surface area contributed by atoms with Crippen LogP contribution in [0.15, 0.2) is 0 Å². The molecule has 2 saturated heterocycles. The number of amides is 1. The van der Waals surface area contributed by atoms with Gasteiger partial charge in [-0.3, -0.25) is 4.79 Å². The number of rotatable bonds is 4. The molecule has 0 bridgehead atoms. The van der Waals surface area contributed by atoms with Gasteiger partial charge in [-0.15, -0.1) is 0 Å². The van der Waals surface area contributed by atoms with Gasteiger partial charge in [0.2, 0.25) is 5.91 Å². The minimum atomic E-state index is -0.113. The third-order valence-corrected chi connectivity index (χ3v) is 5.11. The molecule has 0 aromatic rings. The molecule has 2 rings (SSSR count). The van der Waals surface area contributed by atoms with E-state index in [1.807, 2.05) is 25.6 Å². The van der Waals surface area contributed by atoms with Gasteiger partial charge in [-0.05, 0) is 51.0 Å². The number of hydrogen-bond acceptors (Lipinski definition) is 4. The number of thioether (sulfide) groups is 1. The molecule has 0 aromatic carbocycles. The third-order valence-electron chi connectivity index (χ3n) is 4.13. The van der Waals surface area contributed by atoms with Crippen molar-refractivity contribution in [3.05, 3.63) is 0 Å². The van der Waals surface area contributed by atoms with E-state index in [9.17, 15) is 4.79 Å². The van der Waals surface area contributed by atoms with E-state index in [1.165, 1.54) is 11.5 Å². The smallest absolute Gasteiger partial charge is 0.236 e. The lowest BCUT2D eigenvalue weighted by Crippen LogP contribution is -2.53. The quantitative estimate of drug-likeness (QED) is 0.823. The summed E-state index contributed by atoms with van der Waals surface area (Å²) in [5.74, 6) is 2.51. The fraction of sp³-hybridized carbons (Fsp3) is 0.929. The highest BCUT2D eigenvalue weighted by molar-refractivity contribution is 7.99. The molecule has 1 amide bonds. The molecule has 5 heteroatoms. The highest BCUT2D eigenvalue weighted by Crippen LogP contribution is 2.37. The molecule has 1 spiro atoms. The van der Waals surface area contributed by atoms with E-state index in [1.54, 1.807) is 0 Å². The average molecular weight is 286 g/mol. The Hall–Kier alpha value is -0.260. The Kier molecular flexibility index (Phi) is 5.54. The molecular formula is C14H26N2O2S. The van der Waals surface area contributed by atoms with E-state index in [4.69, 9.17) is 4.74 Å². The molecule has 2 unspecified atom stereocenters. The van der Waals surface area contributed by atoms with Crippen molar-refractivity contribution in [1.29, 1.82) is 0 Å². The summed E-state index contributed by atoms with van der Waals surface area (Å²) in [6.07, 6.45) is 4.38. The monoisotopic (exact) mass is 286 g/mol. The predicted molar refractivity (Wildman–Crippen MR) is 79.5 cm³/mol. The molecular weight excluding hydrogens is 260 g/mol. The molecule has 0 aromatic heterocycles. The fourth-order valence-electron chi connectivity index (χ4n) is 3.02. The Morgan fingerprint density at radius 3 is 2.89 bits per heavy atom. The zero-order chi connectivity index (χ0) is 13.7. The Morgan fingerprint density at radius 2 is 2.21 bits per heavy atom. The Bertz CT molecular complexity index is 300. The van der Waals surface area contributed by atoms with E-state index in [0.717, 1.165) is 32.3 Å². The van der Waals surface area contributed by atoms with E-state index >= 15 is 0 Å². The molecule has 110 valence electrons.